The van der Waals surface area contributed by atoms with E-state index in [9.17, 15) is 9.59 Å². The molecule has 0 unspecified atom stereocenters. The van der Waals surface area contributed by atoms with E-state index in [4.69, 9.17) is 5.73 Å². The summed E-state index contributed by atoms with van der Waals surface area (Å²) in [4.78, 5) is 32.4. The number of amides is 2. The van der Waals surface area contributed by atoms with Gasteiger partial charge in [-0.15, -0.1) is 0 Å². The van der Waals surface area contributed by atoms with Crippen molar-refractivity contribution in [2.75, 3.05) is 4.90 Å². The molecule has 0 radical (unpaired) electrons. The van der Waals surface area contributed by atoms with E-state index in [0.29, 0.717) is 11.4 Å². The van der Waals surface area contributed by atoms with E-state index in [-0.39, 0.29) is 11.5 Å². The van der Waals surface area contributed by atoms with Crippen LogP contribution in [-0.4, -0.2) is 16.0 Å². The molecular formula is C24H36N4O2. The lowest BCUT2D eigenvalue weighted by molar-refractivity contribution is 0.256. The third-order valence-corrected chi connectivity index (χ3v) is 5.27. The zero-order valence-corrected chi connectivity index (χ0v) is 18.2. The highest BCUT2D eigenvalue weighted by atomic mass is 16.2. The summed E-state index contributed by atoms with van der Waals surface area (Å²) in [6.07, 6.45) is 14.7. The van der Waals surface area contributed by atoms with Gasteiger partial charge in [0.15, 0.2) is 0 Å². The summed E-state index contributed by atoms with van der Waals surface area (Å²) in [7, 11) is 0. The molecule has 3 N–H and O–H groups in total. The van der Waals surface area contributed by atoms with Crippen LogP contribution in [-0.2, 0) is 6.42 Å². The Morgan fingerprint density at radius 1 is 0.933 bits per heavy atom. The second kappa shape index (κ2) is 13.6. The lowest BCUT2D eigenvalue weighted by Gasteiger charge is -2.19. The number of rotatable bonds is 14. The molecule has 6 nitrogen and oxygen atoms in total. The number of aromatic nitrogens is 2. The molecule has 0 bridgehead atoms. The summed E-state index contributed by atoms with van der Waals surface area (Å²) in [5.41, 5.74) is 6.52. The van der Waals surface area contributed by atoms with Crippen LogP contribution < -0.4 is 16.2 Å². The van der Waals surface area contributed by atoms with Crippen molar-refractivity contribution >= 4 is 17.7 Å². The fourth-order valence-electron chi connectivity index (χ4n) is 3.63. The van der Waals surface area contributed by atoms with Gasteiger partial charge in [-0.1, -0.05) is 89.3 Å². The minimum absolute atomic E-state index is 0.166. The number of nitrogens with two attached hydrogens (primary N) is 1. The number of benzene rings is 1. The third-order valence-electron chi connectivity index (χ3n) is 5.27. The van der Waals surface area contributed by atoms with Gasteiger partial charge >= 0.3 is 6.03 Å². The monoisotopic (exact) mass is 412 g/mol. The average molecular weight is 413 g/mol. The molecule has 2 amide bonds. The summed E-state index contributed by atoms with van der Waals surface area (Å²) in [5.74, 6) is 0.166. The summed E-state index contributed by atoms with van der Waals surface area (Å²) in [6.45, 7) is 2.25. The Kier molecular flexibility index (Phi) is 10.7. The number of carbonyl (C=O) groups is 1. The van der Waals surface area contributed by atoms with E-state index in [1.165, 1.54) is 68.8 Å². The topological polar surface area (TPSA) is 92.1 Å². The predicted molar refractivity (Wildman–Crippen MR) is 123 cm³/mol. The number of anilines is 2. The van der Waals surface area contributed by atoms with Gasteiger partial charge in [0.05, 0.1) is 5.69 Å². The number of para-hydroxylation sites is 1. The first-order chi connectivity index (χ1) is 14.6. The van der Waals surface area contributed by atoms with Crippen LogP contribution in [0.3, 0.4) is 0 Å². The zero-order valence-electron chi connectivity index (χ0n) is 18.2. The maximum atomic E-state index is 12.1. The molecule has 0 aliphatic rings. The molecule has 0 aliphatic carbocycles. The van der Waals surface area contributed by atoms with Crippen LogP contribution in [0.2, 0.25) is 0 Å². The van der Waals surface area contributed by atoms with Crippen molar-refractivity contribution in [3.05, 3.63) is 52.4 Å². The molecule has 30 heavy (non-hydrogen) atoms. The fourth-order valence-corrected chi connectivity index (χ4v) is 3.63. The van der Waals surface area contributed by atoms with Gasteiger partial charge in [-0.25, -0.2) is 14.7 Å². The Labute approximate surface area is 179 Å². The van der Waals surface area contributed by atoms with Crippen LogP contribution in [0.4, 0.5) is 16.4 Å². The number of aromatic amines is 1. The average Bonchev–Trinajstić information content (AvgIpc) is 2.72. The molecule has 0 saturated heterocycles. The molecule has 0 spiro atoms. The van der Waals surface area contributed by atoms with Crippen molar-refractivity contribution in [3.8, 4) is 0 Å². The van der Waals surface area contributed by atoms with Crippen molar-refractivity contribution < 1.29 is 4.79 Å². The Morgan fingerprint density at radius 2 is 1.50 bits per heavy atom. The summed E-state index contributed by atoms with van der Waals surface area (Å²) >= 11 is 0. The number of hydrogen-bond acceptors (Lipinski definition) is 3. The van der Waals surface area contributed by atoms with E-state index < -0.39 is 6.03 Å². The molecule has 0 saturated carbocycles. The predicted octanol–water partition coefficient (Wildman–Crippen LogP) is 5.84. The molecule has 164 valence electrons. The Bertz CT molecular complexity index is 804. The number of unbranched alkanes of at least 4 members (excludes halogenated alkanes) is 10. The maximum absolute atomic E-state index is 12.1. The largest absolute Gasteiger partial charge is 0.351 e. The van der Waals surface area contributed by atoms with Gasteiger partial charge < -0.3 is 5.73 Å². The van der Waals surface area contributed by atoms with Crippen LogP contribution in [0.5, 0.6) is 0 Å². The number of carbonyl (C=O) groups excluding carboxylic acids is 1. The highest BCUT2D eigenvalue weighted by Crippen LogP contribution is 2.21. The smallest absolute Gasteiger partial charge is 0.326 e. The first kappa shape index (κ1) is 23.6. The molecule has 2 aromatic rings. The summed E-state index contributed by atoms with van der Waals surface area (Å²) < 4.78 is 0. The van der Waals surface area contributed by atoms with Gasteiger partial charge in [-0.2, -0.15) is 0 Å². The normalized spacial score (nSPS) is 10.8. The first-order valence-corrected chi connectivity index (χ1v) is 11.4. The minimum atomic E-state index is -0.684. The number of hydrogen-bond donors (Lipinski definition) is 2. The van der Waals surface area contributed by atoms with Gasteiger partial charge in [0, 0.05) is 11.8 Å². The van der Waals surface area contributed by atoms with Crippen molar-refractivity contribution in [2.45, 2.75) is 84.0 Å². The quantitative estimate of drug-likeness (QED) is 0.382. The molecule has 0 fully saturated rings. The van der Waals surface area contributed by atoms with Crippen molar-refractivity contribution in [2.24, 2.45) is 5.73 Å². The Hall–Kier alpha value is -2.63. The van der Waals surface area contributed by atoms with Crippen LogP contribution in [0, 0.1) is 0 Å². The van der Waals surface area contributed by atoms with E-state index in [2.05, 4.69) is 16.9 Å². The van der Waals surface area contributed by atoms with Gasteiger partial charge in [0.25, 0.3) is 5.56 Å². The molecule has 2 rings (SSSR count). The van der Waals surface area contributed by atoms with Gasteiger partial charge in [-0.3, -0.25) is 9.78 Å². The number of nitrogens with one attached hydrogen (secondary N) is 1. The maximum Gasteiger partial charge on any atom is 0.326 e. The number of nitrogens with zero attached hydrogens (tertiary/aromatic N) is 2. The minimum Gasteiger partial charge on any atom is -0.351 e. The standard InChI is InChI=1S/C24H36N4O2/c1-2-3-4-5-6-7-8-9-10-11-13-16-20-19-22(29)27-24(26-20)28(23(25)30)21-17-14-12-15-18-21/h12,14-15,17-19H,2-11,13,16H2,1H3,(H2,25,30)(H,26,27,29). The summed E-state index contributed by atoms with van der Waals surface area (Å²) in [6, 6.07) is 9.78. The molecular weight excluding hydrogens is 376 g/mol. The first-order valence-electron chi connectivity index (χ1n) is 11.4. The second-order valence-corrected chi connectivity index (χ2v) is 7.86. The van der Waals surface area contributed by atoms with Crippen LogP contribution in [0.25, 0.3) is 0 Å². The molecule has 6 heteroatoms. The fraction of sp³-hybridized carbons (Fsp3) is 0.542. The van der Waals surface area contributed by atoms with Crippen LogP contribution in [0.15, 0.2) is 41.2 Å². The van der Waals surface area contributed by atoms with Crippen LogP contribution >= 0.6 is 0 Å². The number of urea groups is 1. The second-order valence-electron chi connectivity index (χ2n) is 7.86. The van der Waals surface area contributed by atoms with E-state index >= 15 is 0 Å². The van der Waals surface area contributed by atoms with E-state index in [0.717, 1.165) is 19.3 Å². The molecule has 1 aromatic heterocycles. The van der Waals surface area contributed by atoms with Gasteiger partial charge in [0.2, 0.25) is 5.95 Å². The van der Waals surface area contributed by atoms with Crippen molar-refractivity contribution in [3.63, 3.8) is 0 Å². The van der Waals surface area contributed by atoms with Gasteiger partial charge in [-0.05, 0) is 25.0 Å². The lowest BCUT2D eigenvalue weighted by Crippen LogP contribution is -2.34. The highest BCUT2D eigenvalue weighted by molar-refractivity contribution is 5.96. The molecule has 1 aromatic carbocycles. The van der Waals surface area contributed by atoms with Gasteiger partial charge in [0.1, 0.15) is 0 Å². The summed E-state index contributed by atoms with van der Waals surface area (Å²) in [5, 5.41) is 0. The number of H-pyrrole nitrogens is 1. The SMILES string of the molecule is CCCCCCCCCCCCCc1cc(=O)[nH]c(N(C(N)=O)c2ccccc2)n1. The van der Waals surface area contributed by atoms with Crippen molar-refractivity contribution in [1.29, 1.82) is 0 Å². The zero-order chi connectivity index (χ0) is 21.6. The van der Waals surface area contributed by atoms with E-state index in [1.54, 1.807) is 24.3 Å². The molecule has 0 aliphatic heterocycles. The number of aryl methyl sites for hydroxylation is 1. The number of primary amides is 1. The third kappa shape index (κ3) is 8.39. The Morgan fingerprint density at radius 3 is 2.07 bits per heavy atom. The van der Waals surface area contributed by atoms with Crippen molar-refractivity contribution in [1.82, 2.24) is 9.97 Å². The van der Waals surface area contributed by atoms with E-state index in [1.807, 2.05) is 6.07 Å². The highest BCUT2D eigenvalue weighted by Gasteiger charge is 2.18. The van der Waals surface area contributed by atoms with Crippen LogP contribution in [0.1, 0.15) is 83.2 Å². The molecule has 0 atom stereocenters. The lowest BCUT2D eigenvalue weighted by atomic mass is 10.0. The molecule has 1 heterocycles. The Balaban J connectivity index is 1.79.